The molecule has 31 heavy (non-hydrogen) atoms. The van der Waals surface area contributed by atoms with Crippen molar-refractivity contribution < 1.29 is 13.2 Å². The molecule has 1 unspecified atom stereocenters. The van der Waals surface area contributed by atoms with Gasteiger partial charge in [0.05, 0.1) is 5.56 Å². The lowest BCUT2D eigenvalue weighted by Crippen LogP contribution is -2.22. The van der Waals surface area contributed by atoms with Crippen LogP contribution in [0.2, 0.25) is 5.02 Å². The number of benzene rings is 2. The zero-order valence-electron chi connectivity index (χ0n) is 17.5. The molecule has 0 bridgehead atoms. The summed E-state index contributed by atoms with van der Waals surface area (Å²) in [6.45, 7) is 12.4. The summed E-state index contributed by atoms with van der Waals surface area (Å²) < 4.78 is 40.4. The Kier molecular flexibility index (Phi) is 5.89. The molecule has 1 aliphatic carbocycles. The Labute approximate surface area is 186 Å². The highest BCUT2D eigenvalue weighted by Gasteiger charge is 2.32. The third kappa shape index (κ3) is 4.51. The molecule has 0 spiro atoms. The molecular weight excluding hydrogens is 419 g/mol. The van der Waals surface area contributed by atoms with E-state index in [9.17, 15) is 13.2 Å². The standard InChI is InChI=1S/C26H25ClF3N/c1-16(2)18-9-10-31(14-18)15-20-12-21(26(28,29)30)7-8-23(20)19-11-17(3)22-5-4-6-25(27)24(22)13-19/h4-8,11-12,18H,1,3,9-10,13-15H2,2H3. The van der Waals surface area contributed by atoms with E-state index < -0.39 is 11.7 Å². The molecule has 2 aromatic rings. The predicted molar refractivity (Wildman–Crippen MR) is 122 cm³/mol. The molecule has 2 aliphatic rings. The van der Waals surface area contributed by atoms with Crippen molar-refractivity contribution in [1.29, 1.82) is 0 Å². The average molecular weight is 444 g/mol. The van der Waals surface area contributed by atoms with Crippen molar-refractivity contribution in [2.75, 3.05) is 13.1 Å². The topological polar surface area (TPSA) is 3.24 Å². The molecule has 1 atom stereocenters. The number of hydrogen-bond acceptors (Lipinski definition) is 1. The first-order valence-corrected chi connectivity index (χ1v) is 10.8. The van der Waals surface area contributed by atoms with Crippen molar-refractivity contribution in [3.8, 4) is 0 Å². The van der Waals surface area contributed by atoms with Gasteiger partial charge in [-0.15, -0.1) is 0 Å². The van der Waals surface area contributed by atoms with Crippen LogP contribution in [0.15, 0.2) is 61.2 Å². The normalized spacial score (nSPS) is 19.3. The molecule has 2 aromatic carbocycles. The minimum atomic E-state index is -4.38. The Hall–Kier alpha value is -2.30. The predicted octanol–water partition coefficient (Wildman–Crippen LogP) is 7.41. The number of rotatable bonds is 4. The summed E-state index contributed by atoms with van der Waals surface area (Å²) in [5.41, 5.74) is 5.78. The van der Waals surface area contributed by atoms with Crippen LogP contribution in [-0.4, -0.2) is 18.0 Å². The summed E-state index contributed by atoms with van der Waals surface area (Å²) in [6, 6.07) is 9.78. The minimum Gasteiger partial charge on any atom is -0.298 e. The molecule has 162 valence electrons. The molecule has 5 heteroatoms. The van der Waals surface area contributed by atoms with E-state index in [0.29, 0.717) is 29.5 Å². The number of halogens is 4. The number of alkyl halides is 3. The van der Waals surface area contributed by atoms with Crippen LogP contribution >= 0.6 is 11.6 Å². The Morgan fingerprint density at radius 2 is 1.97 bits per heavy atom. The van der Waals surface area contributed by atoms with Gasteiger partial charge in [0.1, 0.15) is 0 Å². The van der Waals surface area contributed by atoms with Crippen LogP contribution in [0.3, 0.4) is 0 Å². The molecular formula is C26H25ClF3N. The SMILES string of the molecule is C=C1C=C(c2ccc(C(F)(F)F)cc2CN2CCC(C(=C)C)C2)Cc2c(Cl)cccc21. The second-order valence-corrected chi connectivity index (χ2v) is 8.98. The van der Waals surface area contributed by atoms with Gasteiger partial charge in [-0.05, 0) is 77.4 Å². The fourth-order valence-corrected chi connectivity index (χ4v) is 4.82. The molecule has 1 fully saturated rings. The van der Waals surface area contributed by atoms with Crippen LogP contribution in [-0.2, 0) is 19.1 Å². The van der Waals surface area contributed by atoms with E-state index in [4.69, 9.17) is 11.6 Å². The van der Waals surface area contributed by atoms with Gasteiger partial charge in [0.15, 0.2) is 0 Å². The number of fused-ring (bicyclic) bond motifs is 1. The third-order valence-electron chi connectivity index (χ3n) is 6.32. The van der Waals surface area contributed by atoms with Crippen molar-refractivity contribution in [2.24, 2.45) is 5.92 Å². The van der Waals surface area contributed by atoms with Crippen molar-refractivity contribution >= 4 is 22.7 Å². The van der Waals surface area contributed by atoms with Crippen LogP contribution in [0.1, 0.15) is 41.2 Å². The lowest BCUT2D eigenvalue weighted by Gasteiger charge is -2.24. The summed E-state index contributed by atoms with van der Waals surface area (Å²) in [7, 11) is 0. The highest BCUT2D eigenvalue weighted by molar-refractivity contribution is 6.31. The lowest BCUT2D eigenvalue weighted by molar-refractivity contribution is -0.137. The summed E-state index contributed by atoms with van der Waals surface area (Å²) in [4.78, 5) is 2.22. The largest absolute Gasteiger partial charge is 0.416 e. The van der Waals surface area contributed by atoms with Crippen molar-refractivity contribution in [2.45, 2.75) is 32.5 Å². The summed E-state index contributed by atoms with van der Waals surface area (Å²) in [5.74, 6) is 0.397. The van der Waals surface area contributed by atoms with E-state index >= 15 is 0 Å². The van der Waals surface area contributed by atoms with E-state index in [1.54, 1.807) is 6.07 Å². The summed E-state index contributed by atoms with van der Waals surface area (Å²) >= 11 is 6.43. The Bertz CT molecular complexity index is 1080. The lowest BCUT2D eigenvalue weighted by atomic mass is 9.84. The van der Waals surface area contributed by atoms with Gasteiger partial charge in [-0.1, -0.05) is 54.6 Å². The van der Waals surface area contributed by atoms with Crippen molar-refractivity contribution in [3.63, 3.8) is 0 Å². The van der Waals surface area contributed by atoms with E-state index in [1.807, 2.05) is 31.2 Å². The molecule has 1 aliphatic heterocycles. The number of hydrogen-bond donors (Lipinski definition) is 0. The van der Waals surface area contributed by atoms with E-state index in [0.717, 1.165) is 52.9 Å². The molecule has 0 N–H and O–H groups in total. The Balaban J connectivity index is 1.71. The van der Waals surface area contributed by atoms with Gasteiger partial charge in [0.2, 0.25) is 0 Å². The molecule has 0 amide bonds. The van der Waals surface area contributed by atoms with E-state index in [-0.39, 0.29) is 0 Å². The first-order valence-electron chi connectivity index (χ1n) is 10.4. The smallest absolute Gasteiger partial charge is 0.298 e. The average Bonchev–Trinajstić information content (AvgIpc) is 3.17. The van der Waals surface area contributed by atoms with E-state index in [1.165, 1.54) is 12.1 Å². The van der Waals surface area contributed by atoms with Crippen LogP contribution in [0.4, 0.5) is 13.2 Å². The first kappa shape index (κ1) is 21.9. The van der Waals surface area contributed by atoms with Crippen molar-refractivity contribution in [1.82, 2.24) is 4.90 Å². The molecule has 0 saturated carbocycles. The zero-order valence-corrected chi connectivity index (χ0v) is 18.3. The van der Waals surface area contributed by atoms with Crippen LogP contribution in [0.5, 0.6) is 0 Å². The summed E-state index contributed by atoms with van der Waals surface area (Å²) in [5, 5.41) is 0.654. The fourth-order valence-electron chi connectivity index (χ4n) is 4.58. The number of likely N-dealkylation sites (tertiary alicyclic amines) is 1. The van der Waals surface area contributed by atoms with Gasteiger partial charge in [-0.25, -0.2) is 0 Å². The van der Waals surface area contributed by atoms with E-state index in [2.05, 4.69) is 18.1 Å². The maximum absolute atomic E-state index is 13.5. The maximum Gasteiger partial charge on any atom is 0.416 e. The molecule has 0 radical (unpaired) electrons. The fraction of sp³-hybridized carbons (Fsp3) is 0.308. The number of nitrogens with zero attached hydrogens (tertiary/aromatic N) is 1. The van der Waals surface area contributed by atoms with Crippen LogP contribution in [0.25, 0.3) is 11.1 Å². The van der Waals surface area contributed by atoms with Gasteiger partial charge in [-0.2, -0.15) is 13.2 Å². The van der Waals surface area contributed by atoms with Gasteiger partial charge in [0.25, 0.3) is 0 Å². The second-order valence-electron chi connectivity index (χ2n) is 8.57. The van der Waals surface area contributed by atoms with Gasteiger partial charge in [0, 0.05) is 24.5 Å². The molecule has 1 heterocycles. The number of allylic oxidation sites excluding steroid dienone is 3. The van der Waals surface area contributed by atoms with Crippen LogP contribution < -0.4 is 0 Å². The highest BCUT2D eigenvalue weighted by atomic mass is 35.5. The van der Waals surface area contributed by atoms with Crippen LogP contribution in [0, 0.1) is 5.92 Å². The molecule has 1 saturated heterocycles. The first-order chi connectivity index (χ1) is 14.6. The van der Waals surface area contributed by atoms with Gasteiger partial charge in [-0.3, -0.25) is 4.90 Å². The summed E-state index contributed by atoms with van der Waals surface area (Å²) in [6.07, 6.45) is -0.836. The Morgan fingerprint density at radius 1 is 1.19 bits per heavy atom. The quantitative estimate of drug-likeness (QED) is 0.444. The molecule has 1 nitrogen and oxygen atoms in total. The molecule has 0 aromatic heterocycles. The van der Waals surface area contributed by atoms with Crippen molar-refractivity contribution in [3.05, 3.63) is 94.0 Å². The zero-order chi connectivity index (χ0) is 22.3. The monoisotopic (exact) mass is 443 g/mol. The highest BCUT2D eigenvalue weighted by Crippen LogP contribution is 2.39. The molecule has 4 rings (SSSR count). The minimum absolute atomic E-state index is 0.397. The second kappa shape index (κ2) is 8.33. The van der Waals surface area contributed by atoms with Gasteiger partial charge < -0.3 is 0 Å². The third-order valence-corrected chi connectivity index (χ3v) is 6.68. The maximum atomic E-state index is 13.5. The van der Waals surface area contributed by atoms with Gasteiger partial charge >= 0.3 is 6.18 Å². The Morgan fingerprint density at radius 3 is 2.65 bits per heavy atom.